The normalized spacial score (nSPS) is 11.0. The largest absolute Gasteiger partial charge is 0.423 e. The first-order valence-electron chi connectivity index (χ1n) is 31.8. The first kappa shape index (κ1) is 59.5. The molecule has 456 valence electrons. The quantitative estimate of drug-likeness (QED) is 0.0363. The summed E-state index contributed by atoms with van der Waals surface area (Å²) in [4.78, 5) is 43.3. The van der Waals surface area contributed by atoms with Crippen LogP contribution in [0.4, 0.5) is 0 Å². The van der Waals surface area contributed by atoms with Crippen molar-refractivity contribution >= 4 is 5.97 Å². The van der Waals surface area contributed by atoms with Crippen LogP contribution in [-0.2, 0) is 11.5 Å². The maximum Gasteiger partial charge on any atom is 0.343 e. The molecular weight excluding hydrogens is 1180 g/mol. The van der Waals surface area contributed by atoms with E-state index < -0.39 is 5.97 Å². The Morgan fingerprint density at radius 2 is 0.490 bits per heavy atom. The van der Waals surface area contributed by atoms with E-state index in [9.17, 15) is 4.79 Å². The van der Waals surface area contributed by atoms with Gasteiger partial charge in [0.25, 0.3) is 0 Å². The highest BCUT2D eigenvalue weighted by Crippen LogP contribution is 2.40. The number of hydrogen-bond donors (Lipinski definition) is 0. The lowest BCUT2D eigenvalue weighted by Crippen LogP contribution is -2.09. The van der Waals surface area contributed by atoms with Gasteiger partial charge in [0.2, 0.25) is 0 Å². The number of esters is 1. The summed E-state index contributed by atoms with van der Waals surface area (Å²) >= 11 is 0. The van der Waals surface area contributed by atoms with Gasteiger partial charge in [0.15, 0.2) is 5.75 Å². The van der Waals surface area contributed by atoms with Crippen molar-refractivity contribution in [2.75, 3.05) is 0 Å². The lowest BCUT2D eigenvalue weighted by Gasteiger charge is -2.14. The number of ether oxygens (including phenoxy) is 1. The van der Waals surface area contributed by atoms with E-state index >= 15 is 0 Å². The van der Waals surface area contributed by atoms with Gasteiger partial charge < -0.3 is 9.62 Å². The van der Waals surface area contributed by atoms with Crippen molar-refractivity contribution in [1.82, 2.24) is 19.9 Å². The molecule has 4 aromatic heterocycles. The van der Waals surface area contributed by atoms with Gasteiger partial charge >= 0.3 is 5.97 Å². The van der Waals surface area contributed by atoms with Crippen LogP contribution in [0, 0.1) is 0 Å². The number of pyridine rings is 4. The van der Waals surface area contributed by atoms with Crippen LogP contribution in [0.1, 0.15) is 15.9 Å². The minimum absolute atomic E-state index is 0.0849. The Bertz CT molecular complexity index is 5070. The highest BCUT2D eigenvalue weighted by molar-refractivity contribution is 5.92. The molecule has 0 unspecified atom stereocenters. The van der Waals surface area contributed by atoms with E-state index in [1.807, 2.05) is 97.6 Å². The van der Waals surface area contributed by atoms with Crippen LogP contribution in [0.25, 0.3) is 134 Å². The van der Waals surface area contributed by atoms with Gasteiger partial charge in [-0.05, 0) is 250 Å². The van der Waals surface area contributed by atoms with Crippen molar-refractivity contribution in [1.29, 1.82) is 0 Å². The smallest absolute Gasteiger partial charge is 0.343 e. The van der Waals surface area contributed by atoms with Crippen molar-refractivity contribution < 1.29 is 19.3 Å². The summed E-state index contributed by atoms with van der Waals surface area (Å²) in [6.07, 6.45) is 14.8. The second-order valence-electron chi connectivity index (χ2n) is 23.5. The van der Waals surface area contributed by atoms with E-state index in [0.717, 1.165) is 139 Å². The molecule has 0 saturated carbocycles. The average Bonchev–Trinajstić information content (AvgIpc) is 0.826. The van der Waals surface area contributed by atoms with E-state index in [1.54, 1.807) is 43.0 Å². The van der Waals surface area contributed by atoms with Crippen molar-refractivity contribution in [2.24, 2.45) is 0 Å². The van der Waals surface area contributed by atoms with Gasteiger partial charge in [-0.25, -0.2) is 4.79 Å². The molecule has 0 spiro atoms. The van der Waals surface area contributed by atoms with Gasteiger partial charge in [-0.2, -0.15) is 4.89 Å². The highest BCUT2D eigenvalue weighted by atomic mass is 17.2. The number of hydrogen-bond acceptors (Lipinski definition) is 8. The fourth-order valence-corrected chi connectivity index (χ4v) is 12.2. The van der Waals surface area contributed by atoms with Crippen molar-refractivity contribution in [3.05, 3.63) is 364 Å². The molecule has 0 N–H and O–H groups in total. The summed E-state index contributed by atoms with van der Waals surface area (Å²) in [5, 5.41) is 0. The predicted octanol–water partition coefficient (Wildman–Crippen LogP) is 22.0. The van der Waals surface area contributed by atoms with Crippen LogP contribution in [0.3, 0.4) is 0 Å². The summed E-state index contributed by atoms with van der Waals surface area (Å²) < 4.78 is 6.08. The van der Waals surface area contributed by atoms with Crippen LogP contribution >= 0.6 is 0 Å². The lowest BCUT2D eigenvalue weighted by molar-refractivity contribution is -0.217. The zero-order valence-electron chi connectivity index (χ0n) is 52.1. The molecule has 8 heteroatoms. The molecule has 0 aliphatic carbocycles. The van der Waals surface area contributed by atoms with E-state index in [1.165, 1.54) is 0 Å². The Morgan fingerprint density at radius 1 is 0.240 bits per heavy atom. The van der Waals surface area contributed by atoms with E-state index in [0.29, 0.717) is 17.1 Å². The minimum atomic E-state index is -0.490. The number of benzene rings is 11. The zero-order chi connectivity index (χ0) is 64.4. The summed E-state index contributed by atoms with van der Waals surface area (Å²) in [7, 11) is 0. The maximum absolute atomic E-state index is 13.9. The monoisotopic (exact) mass is 1240 g/mol. The molecular formula is C88H60N4O4. The third-order valence-electron chi connectivity index (χ3n) is 17.1. The molecule has 0 aliphatic rings. The summed E-state index contributed by atoms with van der Waals surface area (Å²) in [5.41, 5.74) is 26.6. The Labute approximate surface area is 557 Å². The second-order valence-corrected chi connectivity index (χ2v) is 23.5. The van der Waals surface area contributed by atoms with Crippen LogP contribution in [0.15, 0.2) is 353 Å². The summed E-state index contributed by atoms with van der Waals surface area (Å²) in [5.74, 6) is 0.471. The predicted molar refractivity (Wildman–Crippen MR) is 386 cm³/mol. The molecule has 0 atom stereocenters. The molecule has 4 heterocycles. The highest BCUT2D eigenvalue weighted by Gasteiger charge is 2.16. The average molecular weight is 1240 g/mol. The fourth-order valence-electron chi connectivity index (χ4n) is 12.2. The van der Waals surface area contributed by atoms with Crippen LogP contribution < -0.4 is 9.62 Å². The van der Waals surface area contributed by atoms with Crippen LogP contribution in [0.5, 0.6) is 11.5 Å². The summed E-state index contributed by atoms with van der Waals surface area (Å²) in [6.45, 7) is 0.0849. The molecule has 15 aromatic rings. The van der Waals surface area contributed by atoms with Gasteiger partial charge in [-0.15, -0.1) is 0 Å². The molecule has 0 aliphatic heterocycles. The van der Waals surface area contributed by atoms with Crippen molar-refractivity contribution in [3.8, 4) is 145 Å². The van der Waals surface area contributed by atoms with Gasteiger partial charge in [0.05, 0.1) is 5.56 Å². The second kappa shape index (κ2) is 27.6. The molecule has 15 rings (SSSR count). The Balaban J connectivity index is 0.638. The Hall–Kier alpha value is -12.8. The molecule has 0 amide bonds. The molecule has 96 heavy (non-hydrogen) atoms. The molecule has 0 fully saturated rings. The molecule has 0 bridgehead atoms. The van der Waals surface area contributed by atoms with Crippen molar-refractivity contribution in [2.45, 2.75) is 6.61 Å². The number of nitrogens with zero attached hydrogens (tertiary/aromatic N) is 4. The van der Waals surface area contributed by atoms with Crippen LogP contribution in [-0.4, -0.2) is 25.9 Å². The van der Waals surface area contributed by atoms with Crippen LogP contribution in [0.2, 0.25) is 0 Å². The van der Waals surface area contributed by atoms with Gasteiger partial charge in [-0.1, -0.05) is 170 Å². The number of carbonyl (C=O) groups is 1. The SMILES string of the molecule is O=C(Oc1cccc(-c2cccc(-c3cc(-c4cccc(-c5cccnc5)c4)cc(-c4cccc(-c5cccnc5)c4)c3)c2)c1)c1cccc(COOc2cccc(-c3cccc(-c4cc(-c5cccc(-c6cccnc6)c5)cc(-c5cccc(-c6cccnc6)c5)c4)c3)c2)c1. The fraction of sp³-hybridized carbons (Fsp3) is 0.0114. The van der Waals surface area contributed by atoms with E-state index in [-0.39, 0.29) is 6.61 Å². The zero-order valence-corrected chi connectivity index (χ0v) is 52.1. The molecule has 0 saturated heterocycles. The van der Waals surface area contributed by atoms with E-state index in [2.05, 4.69) is 232 Å². The number of carbonyl (C=O) groups excluding carboxylic acids is 1. The Morgan fingerprint density at radius 3 is 0.812 bits per heavy atom. The first-order valence-corrected chi connectivity index (χ1v) is 31.8. The number of rotatable bonds is 18. The third-order valence-corrected chi connectivity index (χ3v) is 17.1. The molecule has 11 aromatic carbocycles. The first-order chi connectivity index (χ1) is 47.4. The van der Waals surface area contributed by atoms with E-state index in [4.69, 9.17) is 14.5 Å². The maximum atomic E-state index is 13.9. The van der Waals surface area contributed by atoms with Gasteiger partial charge in [0, 0.05) is 71.8 Å². The topological polar surface area (TPSA) is 96.3 Å². The minimum Gasteiger partial charge on any atom is -0.423 e. The number of aromatic nitrogens is 4. The van der Waals surface area contributed by atoms with Gasteiger partial charge in [0.1, 0.15) is 12.4 Å². The standard InChI is InChI=1S/C88H60N4O4/c93-88(95-86-34-8-27-73(53-86)61-15-2-21-67(41-61)80-47-82(69-23-4-17-63(43-69)76-30-10-36-89-55-76)51-83(48-80)70-24-5-18-64(44-70)77-31-11-37-90-56-77)75-29-1-14-60(40-75)59-94-96-87-35-9-28-74(54-87)62-16-3-22-68(42-62)81-49-84(71-25-6-19-65(45-71)78-32-12-38-91-57-78)52-85(50-81)72-26-7-20-66(46-72)79-33-13-39-92-58-79/h1-58H,59H2. The van der Waals surface area contributed by atoms with Crippen molar-refractivity contribution in [3.63, 3.8) is 0 Å². The molecule has 0 radical (unpaired) electrons. The Kier molecular flexibility index (Phi) is 17.1. The van der Waals surface area contributed by atoms with Gasteiger partial charge in [-0.3, -0.25) is 19.9 Å². The third kappa shape index (κ3) is 13.7. The molecule has 8 nitrogen and oxygen atoms in total. The summed E-state index contributed by atoms with van der Waals surface area (Å²) in [6, 6.07) is 104. The lowest BCUT2D eigenvalue weighted by atomic mass is 9.90.